The highest BCUT2D eigenvalue weighted by molar-refractivity contribution is 7.09. The molecular weight excluding hydrogens is 430 g/mol. The smallest absolute Gasteiger partial charge is 0.307 e. The Morgan fingerprint density at radius 1 is 1.19 bits per heavy atom. The molecule has 0 aliphatic carbocycles. The molecule has 1 aromatic heterocycles. The Balaban J connectivity index is 1.60. The Hall–Kier alpha value is -3.66. The average molecular weight is 452 g/mol. The van der Waals surface area contributed by atoms with Crippen LogP contribution in [0.5, 0.6) is 5.75 Å². The molecule has 3 aromatic rings. The lowest BCUT2D eigenvalue weighted by molar-refractivity contribution is -0.140. The van der Waals surface area contributed by atoms with Crippen LogP contribution < -0.4 is 9.64 Å². The van der Waals surface area contributed by atoms with Crippen LogP contribution in [0.25, 0.3) is 11.4 Å². The van der Waals surface area contributed by atoms with Crippen LogP contribution in [-0.2, 0) is 9.53 Å². The molecule has 2 heterocycles. The Morgan fingerprint density at radius 2 is 2.00 bits per heavy atom. The monoisotopic (exact) mass is 451 g/mol. The van der Waals surface area contributed by atoms with E-state index in [0.717, 1.165) is 17.1 Å². The van der Waals surface area contributed by atoms with E-state index >= 15 is 0 Å². The summed E-state index contributed by atoms with van der Waals surface area (Å²) in [5, 5.41) is 8.87. The molecule has 0 saturated carbocycles. The second-order valence-corrected chi connectivity index (χ2v) is 7.72. The first-order valence-corrected chi connectivity index (χ1v) is 10.7. The van der Waals surface area contributed by atoms with Crippen molar-refractivity contribution < 1.29 is 19.1 Å². The third-order valence-corrected chi connectivity index (χ3v) is 5.65. The highest BCUT2D eigenvalue weighted by Gasteiger charge is 2.26. The molecule has 0 amide bonds. The number of azo groups is 1. The zero-order valence-corrected chi connectivity index (χ0v) is 18.5. The van der Waals surface area contributed by atoms with Crippen LogP contribution in [0.15, 0.2) is 52.7 Å². The number of esters is 1. The van der Waals surface area contributed by atoms with Gasteiger partial charge in [0.05, 0.1) is 26.3 Å². The Bertz CT molecular complexity index is 1160. The van der Waals surface area contributed by atoms with Crippen molar-refractivity contribution in [3.8, 4) is 17.1 Å². The minimum atomic E-state index is -0.298. The second-order valence-electron chi connectivity index (χ2n) is 6.99. The molecule has 4 rings (SSSR count). The highest BCUT2D eigenvalue weighted by Crippen LogP contribution is 2.39. The number of fused-ring (bicyclic) bond motifs is 1. The van der Waals surface area contributed by atoms with E-state index in [1.54, 1.807) is 12.1 Å². The average Bonchev–Trinajstić information content (AvgIpc) is 3.31. The molecule has 9 nitrogen and oxygen atoms in total. The standard InChI is InChI=1S/C22H21N5O4S/c1-30-19-13-17-15(18(28)8-10-27(17)11-9-20(29)31-2)12-16(19)24-25-22-23-21(26-32-22)14-6-4-3-5-7-14/h3-7,12-13H,8-11H2,1-2H3. The summed E-state index contributed by atoms with van der Waals surface area (Å²) >= 11 is 1.14. The van der Waals surface area contributed by atoms with E-state index in [0.29, 0.717) is 53.2 Å². The van der Waals surface area contributed by atoms with Gasteiger partial charge < -0.3 is 14.4 Å². The number of anilines is 1. The summed E-state index contributed by atoms with van der Waals surface area (Å²) in [6, 6.07) is 13.0. The van der Waals surface area contributed by atoms with E-state index in [-0.39, 0.29) is 18.2 Å². The summed E-state index contributed by atoms with van der Waals surface area (Å²) in [5.41, 5.74) is 2.56. The molecule has 0 saturated heterocycles. The molecule has 0 radical (unpaired) electrons. The van der Waals surface area contributed by atoms with E-state index in [4.69, 9.17) is 9.47 Å². The predicted molar refractivity (Wildman–Crippen MR) is 120 cm³/mol. The number of aromatic nitrogens is 2. The molecule has 2 aromatic carbocycles. The fourth-order valence-electron chi connectivity index (χ4n) is 3.39. The molecule has 0 atom stereocenters. The quantitative estimate of drug-likeness (QED) is 0.382. The van der Waals surface area contributed by atoms with E-state index in [1.165, 1.54) is 14.2 Å². The van der Waals surface area contributed by atoms with E-state index in [9.17, 15) is 9.59 Å². The van der Waals surface area contributed by atoms with Crippen molar-refractivity contribution >= 4 is 39.8 Å². The predicted octanol–water partition coefficient (Wildman–Crippen LogP) is 4.59. The minimum Gasteiger partial charge on any atom is -0.494 e. The maximum atomic E-state index is 12.6. The first-order chi connectivity index (χ1) is 15.6. The molecule has 0 bridgehead atoms. The van der Waals surface area contributed by atoms with Crippen LogP contribution in [0.1, 0.15) is 23.2 Å². The van der Waals surface area contributed by atoms with Gasteiger partial charge >= 0.3 is 5.97 Å². The highest BCUT2D eigenvalue weighted by atomic mass is 32.1. The van der Waals surface area contributed by atoms with Crippen molar-refractivity contribution in [2.24, 2.45) is 10.2 Å². The van der Waals surface area contributed by atoms with Gasteiger partial charge in [-0.1, -0.05) is 30.3 Å². The molecule has 0 N–H and O–H groups in total. The molecule has 1 aliphatic rings. The second kappa shape index (κ2) is 9.65. The number of Topliss-reactive ketones (excluding diaryl/α,β-unsaturated/α-hetero) is 1. The molecule has 0 unspecified atom stereocenters. The van der Waals surface area contributed by atoms with Gasteiger partial charge in [-0.15, -0.1) is 10.2 Å². The summed E-state index contributed by atoms with van der Waals surface area (Å²) in [6.45, 7) is 0.976. The van der Waals surface area contributed by atoms with Crippen LogP contribution in [-0.4, -0.2) is 48.4 Å². The Kier molecular flexibility index (Phi) is 6.50. The van der Waals surface area contributed by atoms with Gasteiger partial charge in [0.25, 0.3) is 0 Å². The van der Waals surface area contributed by atoms with Crippen molar-refractivity contribution in [1.82, 2.24) is 9.36 Å². The fraction of sp³-hybridized carbons (Fsp3) is 0.273. The summed E-state index contributed by atoms with van der Waals surface area (Å²) in [4.78, 5) is 30.5. The number of carbonyl (C=O) groups excluding carboxylic acids is 2. The number of hydrogen-bond acceptors (Lipinski definition) is 10. The summed E-state index contributed by atoms with van der Waals surface area (Å²) in [5.74, 6) is 0.764. The number of carbonyl (C=O) groups is 2. The minimum absolute atomic E-state index is 0.00991. The molecule has 164 valence electrons. The zero-order valence-electron chi connectivity index (χ0n) is 17.6. The number of ketones is 1. The number of rotatable bonds is 7. The number of benzene rings is 2. The first kappa shape index (κ1) is 21.6. The topological polar surface area (TPSA) is 106 Å². The molecule has 10 heteroatoms. The first-order valence-electron chi connectivity index (χ1n) is 9.97. The van der Waals surface area contributed by atoms with Gasteiger partial charge in [-0.25, -0.2) is 0 Å². The Morgan fingerprint density at radius 3 is 2.75 bits per heavy atom. The number of ether oxygens (including phenoxy) is 2. The van der Waals surface area contributed by atoms with E-state index < -0.39 is 0 Å². The van der Waals surface area contributed by atoms with Crippen LogP contribution in [0, 0.1) is 0 Å². The van der Waals surface area contributed by atoms with Crippen molar-refractivity contribution in [2.75, 3.05) is 32.2 Å². The van der Waals surface area contributed by atoms with Crippen molar-refractivity contribution in [3.63, 3.8) is 0 Å². The van der Waals surface area contributed by atoms with Gasteiger partial charge in [0, 0.05) is 48.2 Å². The molecule has 1 aliphatic heterocycles. The lowest BCUT2D eigenvalue weighted by Crippen LogP contribution is -2.34. The van der Waals surface area contributed by atoms with Crippen LogP contribution in [0.4, 0.5) is 16.5 Å². The maximum absolute atomic E-state index is 12.6. The molecular formula is C22H21N5O4S. The van der Waals surface area contributed by atoms with Crippen LogP contribution >= 0.6 is 11.5 Å². The van der Waals surface area contributed by atoms with E-state index in [1.807, 2.05) is 35.2 Å². The lowest BCUT2D eigenvalue weighted by atomic mass is 9.99. The lowest BCUT2D eigenvalue weighted by Gasteiger charge is -2.30. The van der Waals surface area contributed by atoms with Crippen molar-refractivity contribution in [3.05, 3.63) is 48.0 Å². The Labute approximate surface area is 188 Å². The number of hydrogen-bond donors (Lipinski definition) is 0. The van der Waals surface area contributed by atoms with Crippen LogP contribution in [0.3, 0.4) is 0 Å². The maximum Gasteiger partial charge on any atom is 0.307 e. The van der Waals surface area contributed by atoms with Gasteiger partial charge in [-0.3, -0.25) is 9.59 Å². The third kappa shape index (κ3) is 4.65. The molecule has 32 heavy (non-hydrogen) atoms. The number of methoxy groups -OCH3 is 2. The van der Waals surface area contributed by atoms with Gasteiger partial charge in [0.1, 0.15) is 11.4 Å². The number of nitrogens with zero attached hydrogens (tertiary/aromatic N) is 5. The van der Waals surface area contributed by atoms with Crippen molar-refractivity contribution in [2.45, 2.75) is 12.8 Å². The summed E-state index contributed by atoms with van der Waals surface area (Å²) in [7, 11) is 2.89. The molecule has 0 fully saturated rings. The normalized spacial score (nSPS) is 13.3. The third-order valence-electron chi connectivity index (χ3n) is 5.05. The van der Waals surface area contributed by atoms with Gasteiger partial charge in [-0.2, -0.15) is 9.36 Å². The SMILES string of the molecule is COC(=O)CCN1CCC(=O)c2cc(N=Nc3nc(-c4ccccc4)ns3)c(OC)cc21. The van der Waals surface area contributed by atoms with Crippen molar-refractivity contribution in [1.29, 1.82) is 0 Å². The molecule has 0 spiro atoms. The van der Waals surface area contributed by atoms with Crippen LogP contribution in [0.2, 0.25) is 0 Å². The van der Waals surface area contributed by atoms with Gasteiger partial charge in [0.2, 0.25) is 5.13 Å². The van der Waals surface area contributed by atoms with E-state index in [2.05, 4.69) is 19.6 Å². The van der Waals surface area contributed by atoms with Gasteiger partial charge in [0.15, 0.2) is 11.6 Å². The summed E-state index contributed by atoms with van der Waals surface area (Å²) < 4.78 is 14.5. The van der Waals surface area contributed by atoms with Gasteiger partial charge in [-0.05, 0) is 6.07 Å². The zero-order chi connectivity index (χ0) is 22.5. The fourth-order valence-corrected chi connectivity index (χ4v) is 3.91. The summed E-state index contributed by atoms with van der Waals surface area (Å²) in [6.07, 6.45) is 0.586. The largest absolute Gasteiger partial charge is 0.494 e.